The number of hydrogen-bond donors (Lipinski definition) is 2. The number of pyridine rings is 1. The SMILES string of the molecule is NC(=O)N[C@@H]1CN2C(=O)N(c3cc(Cl)nc(Cl)c3)C(=O)[C@@]2(Cc2ccc(OC(F)(F)F)cc2)C1. The number of alkyl halides is 3. The minimum atomic E-state index is -4.85. The average molecular weight is 518 g/mol. The molecular weight excluding hydrogens is 502 g/mol. The molecule has 1 aromatic carbocycles. The molecule has 9 nitrogen and oxygen atoms in total. The zero-order chi connectivity index (χ0) is 24.8. The van der Waals surface area contributed by atoms with Gasteiger partial charge in [0.15, 0.2) is 0 Å². The summed E-state index contributed by atoms with van der Waals surface area (Å²) in [7, 11) is 0. The molecule has 0 radical (unpaired) electrons. The van der Waals surface area contributed by atoms with E-state index in [1.54, 1.807) is 0 Å². The highest BCUT2D eigenvalue weighted by molar-refractivity contribution is 6.33. The smallest absolute Gasteiger partial charge is 0.406 e. The van der Waals surface area contributed by atoms with E-state index in [1.807, 2.05) is 0 Å². The van der Waals surface area contributed by atoms with Crippen LogP contribution in [-0.2, 0) is 11.2 Å². The van der Waals surface area contributed by atoms with Crippen molar-refractivity contribution in [1.29, 1.82) is 0 Å². The maximum atomic E-state index is 13.7. The molecule has 2 aliphatic rings. The molecule has 34 heavy (non-hydrogen) atoms. The van der Waals surface area contributed by atoms with Crippen molar-refractivity contribution in [2.24, 2.45) is 5.73 Å². The van der Waals surface area contributed by atoms with Gasteiger partial charge in [-0.1, -0.05) is 35.3 Å². The summed E-state index contributed by atoms with van der Waals surface area (Å²) in [6, 6.07) is 5.47. The number of benzene rings is 1. The molecular formula is C20H16Cl2F3N5O4. The van der Waals surface area contributed by atoms with Crippen molar-refractivity contribution < 1.29 is 32.3 Å². The molecule has 0 spiro atoms. The maximum Gasteiger partial charge on any atom is 0.573 e. The Morgan fingerprint density at radius 1 is 1.21 bits per heavy atom. The van der Waals surface area contributed by atoms with Crippen LogP contribution in [0.3, 0.4) is 0 Å². The lowest BCUT2D eigenvalue weighted by molar-refractivity contribution is -0.274. The Morgan fingerprint density at radius 2 is 1.82 bits per heavy atom. The van der Waals surface area contributed by atoms with Gasteiger partial charge in [0.1, 0.15) is 21.6 Å². The van der Waals surface area contributed by atoms with E-state index in [9.17, 15) is 27.6 Å². The van der Waals surface area contributed by atoms with Gasteiger partial charge in [-0.05, 0) is 29.8 Å². The van der Waals surface area contributed by atoms with Gasteiger partial charge >= 0.3 is 18.4 Å². The number of urea groups is 2. The van der Waals surface area contributed by atoms with Crippen LogP contribution in [0.15, 0.2) is 36.4 Å². The Bertz CT molecular complexity index is 1140. The zero-order valence-electron chi connectivity index (χ0n) is 17.1. The lowest BCUT2D eigenvalue weighted by Crippen LogP contribution is -2.47. The number of halogens is 5. The van der Waals surface area contributed by atoms with Gasteiger partial charge in [-0.25, -0.2) is 19.5 Å². The molecule has 2 saturated heterocycles. The summed E-state index contributed by atoms with van der Waals surface area (Å²) in [5.41, 5.74) is 4.36. The Kier molecular flexibility index (Phi) is 5.98. The largest absolute Gasteiger partial charge is 0.573 e. The monoisotopic (exact) mass is 517 g/mol. The lowest BCUT2D eigenvalue weighted by atomic mass is 9.87. The van der Waals surface area contributed by atoms with Gasteiger partial charge in [0, 0.05) is 19.4 Å². The lowest BCUT2D eigenvalue weighted by Gasteiger charge is -2.28. The van der Waals surface area contributed by atoms with Crippen molar-refractivity contribution in [3.8, 4) is 5.75 Å². The molecule has 0 aliphatic carbocycles. The number of nitrogens with two attached hydrogens (primary N) is 1. The highest BCUT2D eigenvalue weighted by Crippen LogP contribution is 2.43. The number of aromatic nitrogens is 1. The van der Waals surface area contributed by atoms with Crippen LogP contribution in [0.1, 0.15) is 12.0 Å². The normalized spacial score (nSPS) is 22.2. The molecule has 1 aromatic heterocycles. The van der Waals surface area contributed by atoms with Crippen LogP contribution in [0, 0.1) is 0 Å². The number of primary amides is 1. The number of hydrogen-bond acceptors (Lipinski definition) is 5. The molecule has 2 fully saturated rings. The second-order valence-corrected chi connectivity index (χ2v) is 8.59. The van der Waals surface area contributed by atoms with E-state index in [0.29, 0.717) is 5.56 Å². The molecule has 0 saturated carbocycles. The van der Waals surface area contributed by atoms with E-state index >= 15 is 0 Å². The van der Waals surface area contributed by atoms with Gasteiger partial charge in [0.05, 0.1) is 11.7 Å². The van der Waals surface area contributed by atoms with Crippen molar-refractivity contribution in [2.75, 3.05) is 11.4 Å². The van der Waals surface area contributed by atoms with Gasteiger partial charge < -0.3 is 20.7 Å². The number of nitrogens with zero attached hydrogens (tertiary/aromatic N) is 3. The number of ether oxygens (including phenoxy) is 1. The molecule has 0 bridgehead atoms. The van der Waals surface area contributed by atoms with E-state index in [1.165, 1.54) is 29.2 Å². The second-order valence-electron chi connectivity index (χ2n) is 7.81. The Balaban J connectivity index is 1.69. The molecule has 180 valence electrons. The first kappa shape index (κ1) is 23.9. The topological polar surface area (TPSA) is 118 Å². The van der Waals surface area contributed by atoms with Crippen LogP contribution in [0.2, 0.25) is 10.3 Å². The summed E-state index contributed by atoms with van der Waals surface area (Å²) >= 11 is 11.9. The second kappa shape index (κ2) is 8.51. The fourth-order valence-electron chi connectivity index (χ4n) is 4.35. The first-order valence-corrected chi connectivity index (χ1v) is 10.5. The molecule has 3 heterocycles. The molecule has 0 unspecified atom stereocenters. The Morgan fingerprint density at radius 3 is 2.38 bits per heavy atom. The van der Waals surface area contributed by atoms with Crippen LogP contribution in [0.5, 0.6) is 5.75 Å². The van der Waals surface area contributed by atoms with Crippen LogP contribution in [-0.4, -0.2) is 52.3 Å². The number of fused-ring (bicyclic) bond motifs is 1. The maximum absolute atomic E-state index is 13.7. The Labute approximate surface area is 200 Å². The fourth-order valence-corrected chi connectivity index (χ4v) is 4.80. The summed E-state index contributed by atoms with van der Waals surface area (Å²) in [6.07, 6.45) is -4.86. The van der Waals surface area contributed by atoms with E-state index in [2.05, 4.69) is 15.0 Å². The molecule has 2 aromatic rings. The van der Waals surface area contributed by atoms with Gasteiger partial charge in [-0.3, -0.25) is 4.79 Å². The van der Waals surface area contributed by atoms with E-state index in [-0.39, 0.29) is 35.4 Å². The van der Waals surface area contributed by atoms with Crippen molar-refractivity contribution >= 4 is 46.9 Å². The van der Waals surface area contributed by atoms with Crippen molar-refractivity contribution in [2.45, 2.75) is 30.8 Å². The molecule has 14 heteroatoms. The molecule has 2 aliphatic heterocycles. The summed E-state index contributed by atoms with van der Waals surface area (Å²) in [5.74, 6) is -1.04. The highest BCUT2D eigenvalue weighted by atomic mass is 35.5. The number of carbonyl (C=O) groups excluding carboxylic acids is 3. The van der Waals surface area contributed by atoms with Crippen molar-refractivity contribution in [3.63, 3.8) is 0 Å². The molecule has 3 N–H and O–H groups in total. The predicted octanol–water partition coefficient (Wildman–Crippen LogP) is 3.48. The minimum absolute atomic E-state index is 0.00811. The Hall–Kier alpha value is -3.25. The third-order valence-electron chi connectivity index (χ3n) is 5.53. The van der Waals surface area contributed by atoms with E-state index < -0.39 is 41.7 Å². The van der Waals surface area contributed by atoms with Gasteiger partial charge in [-0.2, -0.15) is 0 Å². The van der Waals surface area contributed by atoms with Gasteiger partial charge in [-0.15, -0.1) is 13.2 Å². The van der Waals surface area contributed by atoms with Gasteiger partial charge in [0.2, 0.25) is 0 Å². The summed E-state index contributed by atoms with van der Waals surface area (Å²) in [4.78, 5) is 44.4. The number of carbonyl (C=O) groups is 3. The first-order chi connectivity index (χ1) is 15.9. The summed E-state index contributed by atoms with van der Waals surface area (Å²) in [6.45, 7) is -0.00811. The number of amides is 5. The predicted molar refractivity (Wildman–Crippen MR) is 115 cm³/mol. The van der Waals surface area contributed by atoms with Crippen LogP contribution >= 0.6 is 23.2 Å². The third kappa shape index (κ3) is 4.55. The number of nitrogens with one attached hydrogen (secondary N) is 1. The van der Waals surface area contributed by atoms with Crippen LogP contribution in [0.25, 0.3) is 0 Å². The van der Waals surface area contributed by atoms with Gasteiger partial charge in [0.25, 0.3) is 5.91 Å². The standard InChI is InChI=1S/C20H16Cl2F3N5O4/c21-14-5-12(6-15(22)28-14)30-16(31)19(8-11(27-17(26)32)9-29(19)18(30)33)7-10-1-3-13(4-2-10)34-20(23,24)25/h1-6,11H,7-9H2,(H3,26,27,32)/t11-,19+/m0/s1. The quantitative estimate of drug-likeness (QED) is 0.465. The summed E-state index contributed by atoms with van der Waals surface area (Å²) in [5, 5.41) is 2.45. The number of rotatable bonds is 5. The van der Waals surface area contributed by atoms with Crippen LogP contribution in [0.4, 0.5) is 28.4 Å². The molecule has 4 rings (SSSR count). The first-order valence-electron chi connectivity index (χ1n) is 9.78. The highest BCUT2D eigenvalue weighted by Gasteiger charge is 2.62. The minimum Gasteiger partial charge on any atom is -0.406 e. The van der Waals surface area contributed by atoms with Crippen LogP contribution < -0.4 is 20.7 Å². The number of anilines is 1. The average Bonchev–Trinajstić information content (AvgIpc) is 3.14. The van der Waals surface area contributed by atoms with E-state index in [4.69, 9.17) is 28.9 Å². The van der Waals surface area contributed by atoms with Crippen molar-refractivity contribution in [3.05, 3.63) is 52.3 Å². The fraction of sp³-hybridized carbons (Fsp3) is 0.300. The third-order valence-corrected chi connectivity index (χ3v) is 5.92. The summed E-state index contributed by atoms with van der Waals surface area (Å²) < 4.78 is 41.3. The van der Waals surface area contributed by atoms with Crippen molar-refractivity contribution in [1.82, 2.24) is 15.2 Å². The van der Waals surface area contributed by atoms with E-state index in [0.717, 1.165) is 17.0 Å². The zero-order valence-corrected chi connectivity index (χ0v) is 18.6. The molecule has 2 atom stereocenters. The number of imide groups is 1. The molecule has 5 amide bonds.